The maximum atomic E-state index is 9.09. The van der Waals surface area contributed by atoms with Crippen LogP contribution in [0.5, 0.6) is 0 Å². The molecular formula is C6H13N3O. The fourth-order valence-corrected chi connectivity index (χ4v) is 1.02. The summed E-state index contributed by atoms with van der Waals surface area (Å²) in [5, 5.41) is 12.0. The van der Waals surface area contributed by atoms with Crippen LogP contribution in [-0.2, 0) is 0 Å². The van der Waals surface area contributed by atoms with Crippen molar-refractivity contribution in [2.24, 2.45) is 4.99 Å². The molecule has 1 fully saturated rings. The third-order valence-corrected chi connectivity index (χ3v) is 1.47. The normalized spacial score (nSPS) is 27.8. The van der Waals surface area contributed by atoms with E-state index in [1.165, 1.54) is 0 Å². The Bertz CT molecular complexity index is 126. The van der Waals surface area contributed by atoms with Crippen LogP contribution in [0.3, 0.4) is 0 Å². The number of β-amino-alcohol motifs (C(OH)–C–C–N with tert-alkyl or cyclic N) is 1. The van der Waals surface area contributed by atoms with E-state index in [0.29, 0.717) is 6.54 Å². The van der Waals surface area contributed by atoms with Gasteiger partial charge in [-0.05, 0) is 0 Å². The molecule has 1 heterocycles. The average Bonchev–Trinajstić information content (AvgIpc) is 1.88. The zero-order chi connectivity index (χ0) is 7.40. The summed E-state index contributed by atoms with van der Waals surface area (Å²) in [5.74, 6) is 0. The summed E-state index contributed by atoms with van der Waals surface area (Å²) < 4.78 is 0. The number of hydrogen-bond acceptors (Lipinski definition) is 3. The van der Waals surface area contributed by atoms with Gasteiger partial charge in [0.05, 0.1) is 12.9 Å². The topological polar surface area (TPSA) is 47.9 Å². The molecule has 0 aromatic carbocycles. The second-order valence-corrected chi connectivity index (χ2v) is 2.34. The maximum Gasteiger partial charge on any atom is 0.122 e. The van der Waals surface area contributed by atoms with Crippen molar-refractivity contribution >= 4 is 6.34 Å². The Labute approximate surface area is 60.6 Å². The molecule has 1 aliphatic rings. The zero-order valence-corrected chi connectivity index (χ0v) is 6.12. The first kappa shape index (κ1) is 7.50. The summed E-state index contributed by atoms with van der Waals surface area (Å²) >= 11 is 0. The van der Waals surface area contributed by atoms with Crippen molar-refractivity contribution in [2.45, 2.75) is 6.23 Å². The van der Waals surface area contributed by atoms with Crippen molar-refractivity contribution in [3.8, 4) is 0 Å². The highest BCUT2D eigenvalue weighted by Gasteiger charge is 2.12. The van der Waals surface area contributed by atoms with Crippen LogP contribution in [-0.4, -0.2) is 49.3 Å². The lowest BCUT2D eigenvalue weighted by atomic mass is 10.4. The van der Waals surface area contributed by atoms with Crippen LogP contribution in [0.25, 0.3) is 0 Å². The Morgan fingerprint density at radius 1 is 1.80 bits per heavy atom. The van der Waals surface area contributed by atoms with Crippen molar-refractivity contribution in [1.82, 2.24) is 10.2 Å². The van der Waals surface area contributed by atoms with Crippen LogP contribution in [0.1, 0.15) is 0 Å². The second kappa shape index (κ2) is 3.53. The van der Waals surface area contributed by atoms with Gasteiger partial charge in [-0.3, -0.25) is 10.3 Å². The van der Waals surface area contributed by atoms with E-state index in [-0.39, 0.29) is 0 Å². The summed E-state index contributed by atoms with van der Waals surface area (Å²) in [6.45, 7) is 2.39. The third kappa shape index (κ3) is 1.97. The van der Waals surface area contributed by atoms with E-state index in [4.69, 9.17) is 5.11 Å². The molecule has 2 N–H and O–H groups in total. The van der Waals surface area contributed by atoms with Crippen molar-refractivity contribution < 1.29 is 5.11 Å². The lowest BCUT2D eigenvalue weighted by Gasteiger charge is -2.28. The summed E-state index contributed by atoms with van der Waals surface area (Å²) in [6.07, 6.45) is 1.36. The van der Waals surface area contributed by atoms with Gasteiger partial charge >= 0.3 is 0 Å². The number of piperazine rings is 1. The van der Waals surface area contributed by atoms with E-state index in [1.807, 2.05) is 4.90 Å². The lowest BCUT2D eigenvalue weighted by Crippen LogP contribution is -2.49. The van der Waals surface area contributed by atoms with Crippen LogP contribution in [0, 0.1) is 0 Å². The fraction of sp³-hybridized carbons (Fsp3) is 0.833. The first-order valence-electron chi connectivity index (χ1n) is 3.40. The third-order valence-electron chi connectivity index (χ3n) is 1.47. The van der Waals surface area contributed by atoms with E-state index < -0.39 is 6.23 Å². The van der Waals surface area contributed by atoms with E-state index in [9.17, 15) is 0 Å². The number of aliphatic hydroxyl groups is 1. The molecule has 0 aliphatic carbocycles. The molecule has 4 nitrogen and oxygen atoms in total. The van der Waals surface area contributed by atoms with Gasteiger partial charge in [-0.1, -0.05) is 0 Å². The minimum absolute atomic E-state index is 0.397. The van der Waals surface area contributed by atoms with Gasteiger partial charge < -0.3 is 10.0 Å². The van der Waals surface area contributed by atoms with Crippen LogP contribution in [0.15, 0.2) is 4.99 Å². The molecule has 0 aromatic rings. The highest BCUT2D eigenvalue weighted by Crippen LogP contribution is 1.92. The van der Waals surface area contributed by atoms with Crippen molar-refractivity contribution in [3.63, 3.8) is 0 Å². The molecule has 1 saturated heterocycles. The first-order chi connectivity index (χ1) is 4.83. The Morgan fingerprint density at radius 3 is 3.20 bits per heavy atom. The smallest absolute Gasteiger partial charge is 0.122 e. The summed E-state index contributed by atoms with van der Waals surface area (Å²) in [5.41, 5.74) is 0. The van der Waals surface area contributed by atoms with Gasteiger partial charge in [0.15, 0.2) is 0 Å². The molecule has 0 spiro atoms. The van der Waals surface area contributed by atoms with Crippen LogP contribution in [0.2, 0.25) is 0 Å². The number of aliphatic imine (C=N–C) groups is 1. The van der Waals surface area contributed by atoms with E-state index in [0.717, 1.165) is 13.1 Å². The van der Waals surface area contributed by atoms with Gasteiger partial charge in [-0.15, -0.1) is 0 Å². The van der Waals surface area contributed by atoms with Gasteiger partial charge in [0.1, 0.15) is 6.23 Å². The monoisotopic (exact) mass is 143 g/mol. The predicted molar refractivity (Wildman–Crippen MR) is 40.0 cm³/mol. The maximum absolute atomic E-state index is 9.09. The van der Waals surface area contributed by atoms with Gasteiger partial charge in [-0.25, -0.2) is 0 Å². The molecule has 0 amide bonds. The highest BCUT2D eigenvalue weighted by atomic mass is 16.3. The molecule has 0 saturated carbocycles. The van der Waals surface area contributed by atoms with Gasteiger partial charge in [0.25, 0.3) is 0 Å². The Hall–Kier alpha value is -0.610. The predicted octanol–water partition coefficient (Wildman–Crippen LogP) is -1.13. The van der Waals surface area contributed by atoms with Gasteiger partial charge in [-0.2, -0.15) is 0 Å². The average molecular weight is 143 g/mol. The molecular weight excluding hydrogens is 130 g/mol. The zero-order valence-electron chi connectivity index (χ0n) is 6.12. The lowest BCUT2D eigenvalue weighted by molar-refractivity contribution is 0.0854. The van der Waals surface area contributed by atoms with Crippen molar-refractivity contribution in [3.05, 3.63) is 0 Å². The second-order valence-electron chi connectivity index (χ2n) is 2.34. The minimum Gasteiger partial charge on any atom is -0.377 e. The largest absolute Gasteiger partial charge is 0.377 e. The van der Waals surface area contributed by atoms with E-state index in [1.54, 1.807) is 13.4 Å². The van der Waals surface area contributed by atoms with Crippen LogP contribution < -0.4 is 5.32 Å². The van der Waals surface area contributed by atoms with E-state index in [2.05, 4.69) is 10.3 Å². The molecule has 1 aliphatic heterocycles. The Balaban J connectivity index is 2.32. The Morgan fingerprint density at radius 2 is 2.60 bits per heavy atom. The van der Waals surface area contributed by atoms with Crippen molar-refractivity contribution in [1.29, 1.82) is 0 Å². The minimum atomic E-state index is -0.397. The SMILES string of the molecule is CN=CN1CCN[C@@H](O)C1. The number of rotatable bonds is 1. The van der Waals surface area contributed by atoms with Crippen LogP contribution in [0.4, 0.5) is 0 Å². The molecule has 0 radical (unpaired) electrons. The molecule has 0 unspecified atom stereocenters. The summed E-state index contributed by atoms with van der Waals surface area (Å²) in [4.78, 5) is 5.84. The summed E-state index contributed by atoms with van der Waals surface area (Å²) in [6, 6.07) is 0. The Kier molecular flexibility index (Phi) is 2.65. The number of nitrogens with zero attached hydrogens (tertiary/aromatic N) is 2. The summed E-state index contributed by atoms with van der Waals surface area (Å²) in [7, 11) is 1.73. The quantitative estimate of drug-likeness (QED) is 0.360. The molecule has 1 atom stereocenters. The van der Waals surface area contributed by atoms with Gasteiger partial charge in [0.2, 0.25) is 0 Å². The fourth-order valence-electron chi connectivity index (χ4n) is 1.02. The first-order valence-corrected chi connectivity index (χ1v) is 3.40. The molecule has 0 aromatic heterocycles. The van der Waals surface area contributed by atoms with Crippen LogP contribution >= 0.6 is 0 Å². The highest BCUT2D eigenvalue weighted by molar-refractivity contribution is 5.54. The van der Waals surface area contributed by atoms with Crippen molar-refractivity contribution in [2.75, 3.05) is 26.7 Å². The number of nitrogens with one attached hydrogen (secondary N) is 1. The molecule has 0 bridgehead atoms. The van der Waals surface area contributed by atoms with E-state index >= 15 is 0 Å². The molecule has 58 valence electrons. The number of aliphatic hydroxyl groups excluding tert-OH is 1. The molecule has 1 rings (SSSR count). The standard InChI is InChI=1S/C6H13N3O/c1-7-5-9-3-2-8-6(10)4-9/h5-6,8,10H,2-4H2,1H3/t6-/m0/s1. The number of hydrogen-bond donors (Lipinski definition) is 2. The molecule has 10 heavy (non-hydrogen) atoms. The van der Waals surface area contributed by atoms with Gasteiger partial charge in [0, 0.05) is 20.1 Å². The molecule has 4 heteroatoms.